The van der Waals surface area contributed by atoms with E-state index >= 15 is 0 Å². The van der Waals surface area contributed by atoms with Crippen LogP contribution in [0.2, 0.25) is 32.7 Å². The van der Waals surface area contributed by atoms with Crippen LogP contribution in [0.1, 0.15) is 74.9 Å². The number of nitrogens with zero attached hydrogens (tertiary/aromatic N) is 2. The summed E-state index contributed by atoms with van der Waals surface area (Å²) in [6.07, 6.45) is 0. The van der Waals surface area contributed by atoms with Gasteiger partial charge >= 0.3 is 0 Å². The molecule has 10 aromatic carbocycles. The zero-order valence-electron chi connectivity index (χ0n) is 47.9. The van der Waals surface area contributed by atoms with Crippen molar-refractivity contribution in [2.24, 2.45) is 0 Å². The quantitative estimate of drug-likeness (QED) is 0.142. The van der Waals surface area contributed by atoms with Crippen LogP contribution in [-0.2, 0) is 16.2 Å². The number of anilines is 6. The molecule has 6 heteroatoms. The minimum Gasteiger partial charge on any atom is -0.455 e. The Morgan fingerprint density at radius 1 is 0.412 bits per heavy atom. The van der Waals surface area contributed by atoms with Crippen molar-refractivity contribution in [1.29, 1.82) is 0 Å². The summed E-state index contributed by atoms with van der Waals surface area (Å²) in [5.74, 6) is 0. The minimum absolute atomic E-state index is 0.0163. The summed E-state index contributed by atoms with van der Waals surface area (Å²) in [7, 11) is -2.74. The van der Waals surface area contributed by atoms with E-state index in [2.05, 4.69) is 290 Å². The lowest BCUT2D eigenvalue weighted by Crippen LogP contribution is -2.37. The molecule has 12 aromatic rings. The Bertz CT molecular complexity index is 4330. The molecule has 2 heterocycles. The number of fused-ring (bicyclic) bond motifs is 18. The summed E-state index contributed by atoms with van der Waals surface area (Å²) in [5, 5.41) is 7.17. The SMILES string of the molecule is C[SiH](C)c1ccc(N(c2ccc(C(C)(C)C)cc2)c2cc3c(c4c2oc2ccccc24)-c2c(cc(N(c4ccc(C(C)(C)C)cc4)c4ccc([Si](C)(C)C)cc4)c4c2oc2ccccc24)C32c3ccccc3-c3ccccc32)cc1. The topological polar surface area (TPSA) is 32.8 Å². The average molecular weight is 1070 g/mol. The minimum atomic E-state index is -1.64. The molecule has 2 aliphatic rings. The van der Waals surface area contributed by atoms with Gasteiger partial charge in [-0.05, 0) is 128 Å². The van der Waals surface area contributed by atoms with Gasteiger partial charge in [-0.15, -0.1) is 0 Å². The van der Waals surface area contributed by atoms with Gasteiger partial charge in [0.05, 0.1) is 39.0 Å². The van der Waals surface area contributed by atoms with Crippen LogP contribution >= 0.6 is 0 Å². The van der Waals surface area contributed by atoms with Crippen molar-refractivity contribution in [3.05, 3.63) is 240 Å². The molecule has 80 heavy (non-hydrogen) atoms. The smallest absolute Gasteiger partial charge is 0.160 e. The first-order valence-corrected chi connectivity index (χ1v) is 35.0. The van der Waals surface area contributed by atoms with Crippen molar-refractivity contribution in [1.82, 2.24) is 0 Å². The Kier molecular flexibility index (Phi) is 11.2. The summed E-state index contributed by atoms with van der Waals surface area (Å²) in [5.41, 5.74) is 21.2. The van der Waals surface area contributed by atoms with Crippen LogP contribution in [0.5, 0.6) is 0 Å². The third-order valence-electron chi connectivity index (χ3n) is 17.5. The fourth-order valence-corrected chi connectivity index (χ4v) is 15.5. The van der Waals surface area contributed by atoms with Crippen molar-refractivity contribution in [2.75, 3.05) is 9.80 Å². The molecule has 0 saturated carbocycles. The number of furan rings is 2. The van der Waals surface area contributed by atoms with Gasteiger partial charge in [0, 0.05) is 50.0 Å². The van der Waals surface area contributed by atoms with E-state index in [4.69, 9.17) is 8.83 Å². The van der Waals surface area contributed by atoms with Crippen LogP contribution in [-0.4, -0.2) is 16.9 Å². The molecule has 0 amide bonds. The Hall–Kier alpha value is -8.17. The summed E-state index contributed by atoms with van der Waals surface area (Å²) >= 11 is 0. The lowest BCUT2D eigenvalue weighted by atomic mass is 9.70. The van der Waals surface area contributed by atoms with E-state index in [0.29, 0.717) is 0 Å². The van der Waals surface area contributed by atoms with E-state index in [9.17, 15) is 0 Å². The van der Waals surface area contributed by atoms with Crippen molar-refractivity contribution in [2.45, 2.75) is 90.5 Å². The van der Waals surface area contributed by atoms with Crippen LogP contribution in [0.25, 0.3) is 66.1 Å². The predicted molar refractivity (Wildman–Crippen MR) is 346 cm³/mol. The predicted octanol–water partition coefficient (Wildman–Crippen LogP) is 19.6. The number of para-hydroxylation sites is 2. The third kappa shape index (κ3) is 7.51. The Balaban J connectivity index is 1.17. The van der Waals surface area contributed by atoms with Crippen molar-refractivity contribution in [3.63, 3.8) is 0 Å². The van der Waals surface area contributed by atoms with E-state index in [1.54, 1.807) is 0 Å². The van der Waals surface area contributed by atoms with Gasteiger partial charge in [-0.2, -0.15) is 0 Å². The Morgan fingerprint density at radius 3 is 1.32 bits per heavy atom. The van der Waals surface area contributed by atoms with Gasteiger partial charge in [0.2, 0.25) is 0 Å². The van der Waals surface area contributed by atoms with Gasteiger partial charge in [0.1, 0.15) is 16.7 Å². The molecule has 0 fully saturated rings. The highest BCUT2D eigenvalue weighted by Crippen LogP contribution is 2.68. The molecule has 2 aliphatic carbocycles. The van der Waals surface area contributed by atoms with Crippen molar-refractivity contribution in [3.8, 4) is 22.3 Å². The summed E-state index contributed by atoms with van der Waals surface area (Å²) in [4.78, 5) is 4.97. The Labute approximate surface area is 473 Å². The molecule has 14 rings (SSSR count). The normalized spacial score (nSPS) is 13.7. The summed E-state index contributed by atoms with van der Waals surface area (Å²) < 4.78 is 15.0. The molecule has 1 spiro atoms. The van der Waals surface area contributed by atoms with Crippen LogP contribution in [0.4, 0.5) is 34.1 Å². The highest BCUT2D eigenvalue weighted by Gasteiger charge is 2.54. The maximum absolute atomic E-state index is 7.59. The second-order valence-corrected chi connectivity index (χ2v) is 33.9. The first-order chi connectivity index (χ1) is 38.4. The average Bonchev–Trinajstić information content (AvgIpc) is 4.16. The molecule has 0 saturated heterocycles. The summed E-state index contributed by atoms with van der Waals surface area (Å²) in [6.45, 7) is 25.8. The highest BCUT2D eigenvalue weighted by atomic mass is 28.3. The molecule has 4 nitrogen and oxygen atoms in total. The zero-order valence-corrected chi connectivity index (χ0v) is 50.1. The standard InChI is InChI=1S/C74H68N2O2Si2/c1-72(2,3)46-28-32-48(33-29-46)75(51-38-42-53(43-39-51)80(9,10)11)62-44-61-69(71-66(62)56-22-14-18-26-64(56)78-71)68-60(74(61)58-24-16-12-20-54(58)55-21-13-17-25-59(55)74)45-63(70-67(68)57-23-15-19-27-65(57)77-70)76(50-36-40-52(41-37-50)79(7)8)49-34-30-47(31-35-49)73(4,5)6/h12-45,79H,1-11H3. The first-order valence-electron chi connectivity index (χ1n) is 28.6. The van der Waals surface area contributed by atoms with Gasteiger partial charge < -0.3 is 18.6 Å². The lowest BCUT2D eigenvalue weighted by Gasteiger charge is -2.34. The monoisotopic (exact) mass is 1070 g/mol. The van der Waals surface area contributed by atoms with Gasteiger partial charge in [-0.25, -0.2) is 0 Å². The second-order valence-electron chi connectivity index (χ2n) is 25.9. The Morgan fingerprint density at radius 2 is 0.825 bits per heavy atom. The summed E-state index contributed by atoms with van der Waals surface area (Å²) in [6, 6.07) is 78.1. The molecule has 0 unspecified atom stereocenters. The molecule has 0 aliphatic heterocycles. The number of rotatable bonds is 8. The van der Waals surface area contributed by atoms with E-state index < -0.39 is 22.3 Å². The fraction of sp³-hybridized carbons (Fsp3) is 0.189. The lowest BCUT2D eigenvalue weighted by molar-refractivity contribution is 0.590. The zero-order chi connectivity index (χ0) is 55.2. The van der Waals surface area contributed by atoms with Crippen molar-refractivity contribution < 1.29 is 8.83 Å². The number of hydrogen-bond acceptors (Lipinski definition) is 4. The number of benzene rings is 10. The van der Waals surface area contributed by atoms with Crippen LogP contribution in [0.15, 0.2) is 215 Å². The molecule has 0 radical (unpaired) electrons. The van der Waals surface area contributed by atoms with Gasteiger partial charge in [-0.3, -0.25) is 0 Å². The second kappa shape index (κ2) is 17.9. The van der Waals surface area contributed by atoms with E-state index in [-0.39, 0.29) is 10.8 Å². The largest absolute Gasteiger partial charge is 0.455 e. The van der Waals surface area contributed by atoms with Crippen LogP contribution in [0, 0.1) is 0 Å². The first kappa shape index (κ1) is 50.1. The molecular formula is C74H68N2O2Si2. The third-order valence-corrected chi connectivity index (χ3v) is 21.3. The van der Waals surface area contributed by atoms with Gasteiger partial charge in [-0.1, -0.05) is 218 Å². The van der Waals surface area contributed by atoms with Crippen LogP contribution < -0.4 is 20.2 Å². The van der Waals surface area contributed by atoms with E-state index in [0.717, 1.165) is 89.1 Å². The van der Waals surface area contributed by atoms with Gasteiger partial charge in [0.25, 0.3) is 0 Å². The van der Waals surface area contributed by atoms with Gasteiger partial charge in [0.15, 0.2) is 5.58 Å². The van der Waals surface area contributed by atoms with E-state index in [1.807, 2.05) is 0 Å². The molecule has 2 aromatic heterocycles. The highest BCUT2D eigenvalue weighted by molar-refractivity contribution is 6.88. The molecule has 0 bridgehead atoms. The maximum atomic E-state index is 7.59. The molecule has 394 valence electrons. The maximum Gasteiger partial charge on any atom is 0.160 e. The van der Waals surface area contributed by atoms with Crippen LogP contribution in [0.3, 0.4) is 0 Å². The fourth-order valence-electron chi connectivity index (χ4n) is 13.4. The molecular weight excluding hydrogens is 1000 g/mol. The van der Waals surface area contributed by atoms with Crippen molar-refractivity contribution >= 4 is 105 Å². The molecule has 0 atom stereocenters. The number of hydrogen-bond donors (Lipinski definition) is 0. The van der Waals surface area contributed by atoms with E-state index in [1.165, 1.54) is 54.9 Å². The molecule has 0 N–H and O–H groups in total.